The number of nitrogens with zero attached hydrogens (tertiary/aromatic N) is 1. The van der Waals surface area contributed by atoms with E-state index in [0.717, 1.165) is 51.6 Å². The number of carbonyl (C=O) groups is 1. The molecular weight excluding hydrogens is 312 g/mol. The van der Waals surface area contributed by atoms with Gasteiger partial charge in [-0.25, -0.2) is 8.42 Å². The minimum Gasteiger partial charge on any atom is -0.350 e. The van der Waals surface area contributed by atoms with Gasteiger partial charge in [0.05, 0.1) is 17.5 Å². The van der Waals surface area contributed by atoms with E-state index < -0.39 is 9.84 Å². The van der Waals surface area contributed by atoms with Crippen LogP contribution in [0.25, 0.3) is 0 Å². The van der Waals surface area contributed by atoms with Crippen molar-refractivity contribution in [1.82, 2.24) is 10.2 Å². The van der Waals surface area contributed by atoms with Crippen LogP contribution in [-0.2, 0) is 14.6 Å². The lowest BCUT2D eigenvalue weighted by atomic mass is 9.90. The van der Waals surface area contributed by atoms with Crippen LogP contribution in [0.5, 0.6) is 0 Å². The molecular formula is C17H30N2O3S. The van der Waals surface area contributed by atoms with Crippen molar-refractivity contribution in [3.8, 4) is 0 Å². The first-order chi connectivity index (χ1) is 11.1. The smallest absolute Gasteiger partial charge is 0.223 e. The Hall–Kier alpha value is -0.620. The normalized spacial score (nSPS) is 33.2. The third kappa shape index (κ3) is 4.47. The third-order valence-corrected chi connectivity index (χ3v) is 7.45. The summed E-state index contributed by atoms with van der Waals surface area (Å²) >= 11 is 0. The lowest BCUT2D eigenvalue weighted by Crippen LogP contribution is -2.51. The molecule has 0 unspecified atom stereocenters. The van der Waals surface area contributed by atoms with Crippen molar-refractivity contribution in [2.45, 2.75) is 69.9 Å². The first kappa shape index (κ1) is 17.2. The van der Waals surface area contributed by atoms with Gasteiger partial charge in [0.1, 0.15) is 0 Å². The van der Waals surface area contributed by atoms with E-state index in [1.807, 2.05) is 0 Å². The minimum atomic E-state index is -3.03. The minimum absolute atomic E-state index is 0.0139. The maximum Gasteiger partial charge on any atom is 0.223 e. The fourth-order valence-electron chi connectivity index (χ4n) is 4.42. The van der Waals surface area contributed by atoms with E-state index in [-0.39, 0.29) is 35.4 Å². The molecule has 0 radical (unpaired) electrons. The van der Waals surface area contributed by atoms with Gasteiger partial charge in [0.2, 0.25) is 5.91 Å². The van der Waals surface area contributed by atoms with Crippen LogP contribution >= 0.6 is 0 Å². The van der Waals surface area contributed by atoms with Gasteiger partial charge >= 0.3 is 0 Å². The summed E-state index contributed by atoms with van der Waals surface area (Å²) in [6.07, 6.45) is 10.2. The third-order valence-electron chi connectivity index (χ3n) is 5.74. The summed E-state index contributed by atoms with van der Waals surface area (Å²) in [4.78, 5) is 14.9. The lowest BCUT2D eigenvalue weighted by Gasteiger charge is -2.29. The molecule has 1 aliphatic carbocycles. The molecule has 1 amide bonds. The van der Waals surface area contributed by atoms with Gasteiger partial charge < -0.3 is 5.32 Å². The molecule has 2 atom stereocenters. The molecule has 3 fully saturated rings. The predicted octanol–water partition coefficient (Wildman–Crippen LogP) is 1.72. The Morgan fingerprint density at radius 1 is 0.870 bits per heavy atom. The van der Waals surface area contributed by atoms with E-state index in [1.165, 1.54) is 19.3 Å². The van der Waals surface area contributed by atoms with E-state index >= 15 is 0 Å². The molecule has 3 aliphatic rings. The average Bonchev–Trinajstić information content (AvgIpc) is 3.05. The van der Waals surface area contributed by atoms with E-state index in [1.54, 1.807) is 0 Å². The van der Waals surface area contributed by atoms with E-state index in [2.05, 4.69) is 10.2 Å². The maximum absolute atomic E-state index is 12.7. The van der Waals surface area contributed by atoms with E-state index in [0.29, 0.717) is 0 Å². The Kier molecular flexibility index (Phi) is 5.62. The van der Waals surface area contributed by atoms with Crippen molar-refractivity contribution < 1.29 is 13.2 Å². The molecule has 23 heavy (non-hydrogen) atoms. The molecule has 0 aromatic heterocycles. The molecule has 0 spiro atoms. The summed E-state index contributed by atoms with van der Waals surface area (Å²) in [7, 11) is -3.03. The van der Waals surface area contributed by atoms with Crippen LogP contribution in [-0.4, -0.2) is 55.9 Å². The van der Waals surface area contributed by atoms with Gasteiger partial charge in [0.15, 0.2) is 9.84 Å². The highest BCUT2D eigenvalue weighted by atomic mass is 32.2. The van der Waals surface area contributed by atoms with Crippen LogP contribution < -0.4 is 5.32 Å². The van der Waals surface area contributed by atoms with Gasteiger partial charge in [-0.05, 0) is 38.8 Å². The Labute approximate surface area is 140 Å². The van der Waals surface area contributed by atoms with Crippen LogP contribution in [0.1, 0.15) is 57.8 Å². The molecule has 6 heteroatoms. The number of carbonyl (C=O) groups excluding carboxylic acids is 1. The van der Waals surface area contributed by atoms with Crippen LogP contribution in [0.15, 0.2) is 0 Å². The Morgan fingerprint density at radius 3 is 2.13 bits per heavy atom. The SMILES string of the molecule is O=C(N[C@H]1CS(=O)(=O)C[C@@H]1N1CCCC1)C1CCCCCCC1. The summed E-state index contributed by atoms with van der Waals surface area (Å²) in [6.45, 7) is 1.94. The Bertz CT molecular complexity index is 506. The largest absolute Gasteiger partial charge is 0.350 e. The zero-order chi connectivity index (χ0) is 16.3. The fraction of sp³-hybridized carbons (Fsp3) is 0.941. The van der Waals surface area contributed by atoms with Crippen molar-refractivity contribution in [2.75, 3.05) is 24.6 Å². The summed E-state index contributed by atoms with van der Waals surface area (Å²) < 4.78 is 24.2. The second-order valence-corrected chi connectivity index (χ2v) is 9.70. The fourth-order valence-corrected chi connectivity index (χ4v) is 6.37. The molecule has 2 saturated heterocycles. The molecule has 0 bridgehead atoms. The molecule has 5 nitrogen and oxygen atoms in total. The molecule has 0 aromatic carbocycles. The van der Waals surface area contributed by atoms with Crippen molar-refractivity contribution >= 4 is 15.7 Å². The number of nitrogens with one attached hydrogen (secondary N) is 1. The molecule has 2 heterocycles. The Morgan fingerprint density at radius 2 is 1.48 bits per heavy atom. The number of amides is 1. The highest BCUT2D eigenvalue weighted by Gasteiger charge is 2.42. The Balaban J connectivity index is 1.62. The molecule has 1 saturated carbocycles. The lowest BCUT2D eigenvalue weighted by molar-refractivity contribution is -0.126. The van der Waals surface area contributed by atoms with Crippen LogP contribution in [0, 0.1) is 5.92 Å². The predicted molar refractivity (Wildman–Crippen MR) is 91.0 cm³/mol. The first-order valence-electron chi connectivity index (χ1n) is 9.30. The van der Waals surface area contributed by atoms with E-state index in [9.17, 15) is 13.2 Å². The van der Waals surface area contributed by atoms with Gasteiger partial charge in [0, 0.05) is 12.0 Å². The second kappa shape index (κ2) is 7.51. The highest BCUT2D eigenvalue weighted by Crippen LogP contribution is 2.25. The standard InChI is InChI=1S/C17H30N2O3S/c20-17(14-8-4-2-1-3-5-9-14)18-15-12-23(21,22)13-16(15)19-10-6-7-11-19/h14-16H,1-13H2,(H,18,20)/t15-,16-/m0/s1. The van der Waals surface area contributed by atoms with Crippen molar-refractivity contribution in [2.24, 2.45) is 5.92 Å². The summed E-state index contributed by atoms with van der Waals surface area (Å²) in [5.41, 5.74) is 0. The quantitative estimate of drug-likeness (QED) is 0.848. The highest BCUT2D eigenvalue weighted by molar-refractivity contribution is 7.91. The molecule has 132 valence electrons. The number of rotatable bonds is 3. The van der Waals surface area contributed by atoms with Crippen LogP contribution in [0.4, 0.5) is 0 Å². The van der Waals surface area contributed by atoms with Crippen LogP contribution in [0.3, 0.4) is 0 Å². The number of hydrogen-bond donors (Lipinski definition) is 1. The molecule has 1 N–H and O–H groups in total. The zero-order valence-electron chi connectivity index (χ0n) is 14.0. The maximum atomic E-state index is 12.7. The van der Waals surface area contributed by atoms with Gasteiger partial charge in [-0.1, -0.05) is 32.1 Å². The number of likely N-dealkylation sites (tertiary alicyclic amines) is 1. The summed E-state index contributed by atoms with van der Waals surface area (Å²) in [5, 5.41) is 3.12. The molecule has 0 aromatic rings. The van der Waals surface area contributed by atoms with Crippen molar-refractivity contribution in [3.05, 3.63) is 0 Å². The van der Waals surface area contributed by atoms with Gasteiger partial charge in [0.25, 0.3) is 0 Å². The van der Waals surface area contributed by atoms with Crippen LogP contribution in [0.2, 0.25) is 0 Å². The topological polar surface area (TPSA) is 66.5 Å². The van der Waals surface area contributed by atoms with Gasteiger partial charge in [-0.15, -0.1) is 0 Å². The van der Waals surface area contributed by atoms with Crippen molar-refractivity contribution in [3.63, 3.8) is 0 Å². The van der Waals surface area contributed by atoms with E-state index in [4.69, 9.17) is 0 Å². The zero-order valence-corrected chi connectivity index (χ0v) is 14.8. The van der Waals surface area contributed by atoms with Gasteiger partial charge in [-0.3, -0.25) is 9.69 Å². The summed E-state index contributed by atoms with van der Waals surface area (Å²) in [5.74, 6) is 0.505. The molecule has 2 aliphatic heterocycles. The monoisotopic (exact) mass is 342 g/mol. The van der Waals surface area contributed by atoms with Gasteiger partial charge in [-0.2, -0.15) is 0 Å². The summed E-state index contributed by atoms with van der Waals surface area (Å²) in [6, 6.07) is -0.226. The number of hydrogen-bond acceptors (Lipinski definition) is 4. The number of sulfone groups is 1. The first-order valence-corrected chi connectivity index (χ1v) is 11.1. The average molecular weight is 343 g/mol. The second-order valence-electron chi connectivity index (χ2n) is 7.54. The molecule has 3 rings (SSSR count). The van der Waals surface area contributed by atoms with Crippen molar-refractivity contribution in [1.29, 1.82) is 0 Å².